The van der Waals surface area contributed by atoms with Crippen LogP contribution in [0.5, 0.6) is 0 Å². The highest BCUT2D eigenvalue weighted by atomic mass is 16.5. The number of unbranched alkanes of at least 4 members (excludes halogenated alkanes) is 1. The van der Waals surface area contributed by atoms with Crippen molar-refractivity contribution in [2.24, 2.45) is 0 Å². The summed E-state index contributed by atoms with van der Waals surface area (Å²) < 4.78 is 5.56. The average molecular weight is 189 g/mol. The van der Waals surface area contributed by atoms with Crippen LogP contribution in [0.3, 0.4) is 0 Å². The van der Waals surface area contributed by atoms with Gasteiger partial charge in [0.2, 0.25) is 0 Å². The van der Waals surface area contributed by atoms with Crippen LogP contribution in [0.4, 0.5) is 0 Å². The summed E-state index contributed by atoms with van der Waals surface area (Å²) in [6.45, 7) is 9.49. The van der Waals surface area contributed by atoms with Crippen molar-refractivity contribution in [2.45, 2.75) is 53.0 Å². The molecular formula is C10H23NO2. The van der Waals surface area contributed by atoms with E-state index in [1.54, 1.807) is 6.92 Å². The Morgan fingerprint density at radius 2 is 1.92 bits per heavy atom. The van der Waals surface area contributed by atoms with Crippen LogP contribution < -0.4 is 0 Å². The molecular weight excluding hydrogens is 166 g/mol. The van der Waals surface area contributed by atoms with Gasteiger partial charge in [0.25, 0.3) is 0 Å². The quantitative estimate of drug-likeness (QED) is 0.490. The van der Waals surface area contributed by atoms with Crippen LogP contribution in [0.1, 0.15) is 40.5 Å². The van der Waals surface area contributed by atoms with Gasteiger partial charge in [0, 0.05) is 13.2 Å². The van der Waals surface area contributed by atoms with E-state index in [1.807, 2.05) is 18.7 Å². The zero-order valence-corrected chi connectivity index (χ0v) is 9.29. The van der Waals surface area contributed by atoms with Crippen LogP contribution in [-0.4, -0.2) is 35.6 Å². The number of ether oxygens (including phenoxy) is 1. The molecule has 0 rings (SSSR count). The Labute approximate surface area is 81.7 Å². The maximum Gasteiger partial charge on any atom is 0.109 e. The maximum absolute atomic E-state index is 9.39. The van der Waals surface area contributed by atoms with E-state index in [0.29, 0.717) is 0 Å². The molecule has 80 valence electrons. The molecule has 3 nitrogen and oxygen atoms in total. The Hall–Kier alpha value is -0.120. The molecule has 0 aliphatic carbocycles. The average Bonchev–Trinajstić information content (AvgIpc) is 2.05. The number of rotatable bonds is 7. The van der Waals surface area contributed by atoms with Crippen molar-refractivity contribution >= 4 is 0 Å². The van der Waals surface area contributed by atoms with Gasteiger partial charge in [-0.1, -0.05) is 20.3 Å². The molecule has 0 saturated carbocycles. The van der Waals surface area contributed by atoms with E-state index in [1.165, 1.54) is 0 Å². The molecule has 0 bridgehead atoms. The normalized spacial score (nSPS) is 16.2. The third kappa shape index (κ3) is 5.24. The SMILES string of the molecule is CCCCOC(C)N(CC)C(C)O. The molecule has 2 unspecified atom stereocenters. The van der Waals surface area contributed by atoms with Crippen molar-refractivity contribution in [3.8, 4) is 0 Å². The molecule has 0 aromatic heterocycles. The predicted octanol–water partition coefficient (Wildman–Crippen LogP) is 1.81. The lowest BCUT2D eigenvalue weighted by molar-refractivity contribution is -0.114. The lowest BCUT2D eigenvalue weighted by Crippen LogP contribution is -2.41. The van der Waals surface area contributed by atoms with Crippen molar-refractivity contribution < 1.29 is 9.84 Å². The van der Waals surface area contributed by atoms with Crippen molar-refractivity contribution in [3.05, 3.63) is 0 Å². The van der Waals surface area contributed by atoms with E-state index >= 15 is 0 Å². The summed E-state index contributed by atoms with van der Waals surface area (Å²) in [5, 5.41) is 9.39. The summed E-state index contributed by atoms with van der Waals surface area (Å²) in [4.78, 5) is 1.91. The largest absolute Gasteiger partial charge is 0.379 e. The summed E-state index contributed by atoms with van der Waals surface area (Å²) in [6.07, 6.45) is 1.81. The second-order valence-corrected chi connectivity index (χ2v) is 3.29. The molecule has 0 heterocycles. The van der Waals surface area contributed by atoms with Gasteiger partial charge in [0.15, 0.2) is 0 Å². The minimum atomic E-state index is -0.429. The lowest BCUT2D eigenvalue weighted by atomic mass is 10.3. The molecule has 3 heteroatoms. The maximum atomic E-state index is 9.39. The summed E-state index contributed by atoms with van der Waals surface area (Å²) >= 11 is 0. The second kappa shape index (κ2) is 7.30. The molecule has 0 aromatic rings. The van der Waals surface area contributed by atoms with Crippen molar-refractivity contribution in [1.82, 2.24) is 4.90 Å². The van der Waals surface area contributed by atoms with Gasteiger partial charge in [0.1, 0.15) is 12.5 Å². The fraction of sp³-hybridized carbons (Fsp3) is 1.00. The summed E-state index contributed by atoms with van der Waals surface area (Å²) in [5.74, 6) is 0. The Bertz CT molecular complexity index is 117. The van der Waals surface area contributed by atoms with E-state index in [0.717, 1.165) is 26.0 Å². The fourth-order valence-corrected chi connectivity index (χ4v) is 1.32. The zero-order valence-electron chi connectivity index (χ0n) is 9.29. The van der Waals surface area contributed by atoms with Crippen LogP contribution in [0.15, 0.2) is 0 Å². The first kappa shape index (κ1) is 12.9. The highest BCUT2D eigenvalue weighted by molar-refractivity contribution is 4.57. The highest BCUT2D eigenvalue weighted by Gasteiger charge is 2.15. The minimum Gasteiger partial charge on any atom is -0.379 e. The summed E-state index contributed by atoms with van der Waals surface area (Å²) in [5.41, 5.74) is 0. The number of aliphatic hydroxyl groups excluding tert-OH is 1. The number of hydrogen-bond acceptors (Lipinski definition) is 3. The van der Waals surface area contributed by atoms with Gasteiger partial charge in [-0.15, -0.1) is 0 Å². The van der Waals surface area contributed by atoms with E-state index in [9.17, 15) is 5.11 Å². The van der Waals surface area contributed by atoms with E-state index in [4.69, 9.17) is 4.74 Å². The molecule has 0 amide bonds. The fourth-order valence-electron chi connectivity index (χ4n) is 1.32. The topological polar surface area (TPSA) is 32.7 Å². The first-order chi connectivity index (χ1) is 6.13. The van der Waals surface area contributed by atoms with Gasteiger partial charge >= 0.3 is 0 Å². The molecule has 0 aromatic carbocycles. The monoisotopic (exact) mass is 189 g/mol. The Balaban J connectivity index is 3.70. The van der Waals surface area contributed by atoms with Gasteiger partial charge < -0.3 is 9.84 Å². The Kier molecular flexibility index (Phi) is 7.23. The number of nitrogens with zero attached hydrogens (tertiary/aromatic N) is 1. The first-order valence-corrected chi connectivity index (χ1v) is 5.18. The third-order valence-corrected chi connectivity index (χ3v) is 2.17. The van der Waals surface area contributed by atoms with Gasteiger partial charge in [-0.2, -0.15) is 0 Å². The molecule has 0 saturated heterocycles. The summed E-state index contributed by atoms with van der Waals surface area (Å²) in [6, 6.07) is 0. The molecule has 0 aliphatic heterocycles. The minimum absolute atomic E-state index is 0.0107. The number of hydrogen-bond donors (Lipinski definition) is 1. The van der Waals surface area contributed by atoms with Crippen molar-refractivity contribution in [1.29, 1.82) is 0 Å². The van der Waals surface area contributed by atoms with Crippen molar-refractivity contribution in [3.63, 3.8) is 0 Å². The molecule has 0 aliphatic rings. The van der Waals surface area contributed by atoms with Crippen LogP contribution in [0, 0.1) is 0 Å². The second-order valence-electron chi connectivity index (χ2n) is 3.29. The van der Waals surface area contributed by atoms with Gasteiger partial charge in [-0.05, 0) is 20.3 Å². The molecule has 2 atom stereocenters. The van der Waals surface area contributed by atoms with E-state index in [-0.39, 0.29) is 6.23 Å². The first-order valence-electron chi connectivity index (χ1n) is 5.18. The van der Waals surface area contributed by atoms with Crippen LogP contribution in [0.2, 0.25) is 0 Å². The molecule has 0 fully saturated rings. The van der Waals surface area contributed by atoms with Gasteiger partial charge in [-0.25, -0.2) is 0 Å². The third-order valence-electron chi connectivity index (χ3n) is 2.17. The van der Waals surface area contributed by atoms with Gasteiger partial charge in [-0.3, -0.25) is 4.90 Å². The molecule has 1 N–H and O–H groups in total. The highest BCUT2D eigenvalue weighted by Crippen LogP contribution is 2.05. The molecule has 0 radical (unpaired) electrons. The summed E-state index contributed by atoms with van der Waals surface area (Å²) in [7, 11) is 0. The lowest BCUT2D eigenvalue weighted by Gasteiger charge is -2.30. The Morgan fingerprint density at radius 1 is 1.31 bits per heavy atom. The number of aliphatic hydroxyl groups is 1. The van der Waals surface area contributed by atoms with Crippen LogP contribution >= 0.6 is 0 Å². The smallest absolute Gasteiger partial charge is 0.109 e. The van der Waals surface area contributed by atoms with Crippen LogP contribution in [0.25, 0.3) is 0 Å². The molecule has 0 spiro atoms. The zero-order chi connectivity index (χ0) is 10.3. The molecule has 13 heavy (non-hydrogen) atoms. The van der Waals surface area contributed by atoms with E-state index in [2.05, 4.69) is 6.92 Å². The van der Waals surface area contributed by atoms with Crippen molar-refractivity contribution in [2.75, 3.05) is 13.2 Å². The van der Waals surface area contributed by atoms with Crippen LogP contribution in [-0.2, 0) is 4.74 Å². The predicted molar refractivity (Wildman–Crippen MR) is 54.4 cm³/mol. The van der Waals surface area contributed by atoms with Gasteiger partial charge in [0.05, 0.1) is 0 Å². The standard InChI is InChI=1S/C10H23NO2/c1-5-7-8-13-10(4)11(6-2)9(3)12/h9-10,12H,5-8H2,1-4H3. The Morgan fingerprint density at radius 3 is 2.31 bits per heavy atom. The van der Waals surface area contributed by atoms with E-state index < -0.39 is 6.23 Å².